The Morgan fingerprint density at radius 1 is 1.15 bits per heavy atom. The summed E-state index contributed by atoms with van der Waals surface area (Å²) in [5, 5.41) is 15.3. The van der Waals surface area contributed by atoms with E-state index < -0.39 is 0 Å². The van der Waals surface area contributed by atoms with Crippen LogP contribution in [0.15, 0.2) is 18.2 Å². The summed E-state index contributed by atoms with van der Waals surface area (Å²) >= 11 is 0. The quantitative estimate of drug-likeness (QED) is 0.707. The summed E-state index contributed by atoms with van der Waals surface area (Å²) in [4.78, 5) is 23.0. The third kappa shape index (κ3) is 2.54. The Morgan fingerprint density at radius 2 is 2.00 bits per heavy atom. The molecule has 5 heteroatoms. The number of hydrogen-bond donors (Lipinski definition) is 3. The zero-order valence-corrected chi connectivity index (χ0v) is 11.2. The average molecular weight is 274 g/mol. The first-order chi connectivity index (χ1) is 9.63. The molecule has 5 nitrogen and oxygen atoms in total. The lowest BCUT2D eigenvalue weighted by Gasteiger charge is -2.31. The van der Waals surface area contributed by atoms with Crippen molar-refractivity contribution in [1.82, 2.24) is 10.6 Å². The summed E-state index contributed by atoms with van der Waals surface area (Å²) in [5.74, 6) is -0.191. The molecule has 3 rings (SSSR count). The van der Waals surface area contributed by atoms with Crippen LogP contribution < -0.4 is 10.6 Å². The number of carbonyl (C=O) groups is 2. The summed E-state index contributed by atoms with van der Waals surface area (Å²) in [6, 6.07) is 5.16. The minimum Gasteiger partial charge on any atom is -0.508 e. The molecule has 0 bridgehead atoms. The maximum absolute atomic E-state index is 11.8. The second kappa shape index (κ2) is 5.25. The standard InChI is InChI=1S/C15H18N2O3/c18-10-5-4-9-2-1-3-12(11(9)8-10)16-13-6-7-14(19)17-15(13)20/h4-5,8,12-13,16,18H,1-3,6-7H2,(H,17,19,20). The molecule has 1 aliphatic carbocycles. The number of piperidine rings is 1. The Morgan fingerprint density at radius 3 is 2.80 bits per heavy atom. The van der Waals surface area contributed by atoms with Crippen LogP contribution in [0.3, 0.4) is 0 Å². The predicted octanol–water partition coefficient (Wildman–Crippen LogP) is 1.16. The van der Waals surface area contributed by atoms with E-state index in [1.54, 1.807) is 12.1 Å². The van der Waals surface area contributed by atoms with Gasteiger partial charge in [-0.15, -0.1) is 0 Å². The Labute approximate surface area is 117 Å². The van der Waals surface area contributed by atoms with Crippen LogP contribution >= 0.6 is 0 Å². The van der Waals surface area contributed by atoms with Gasteiger partial charge in [0.05, 0.1) is 6.04 Å². The molecule has 1 aliphatic heterocycles. The summed E-state index contributed by atoms with van der Waals surface area (Å²) in [6.07, 6.45) is 3.92. The Bertz CT molecular complexity index is 556. The number of benzene rings is 1. The van der Waals surface area contributed by atoms with Crippen LogP contribution in [-0.4, -0.2) is 23.0 Å². The Balaban J connectivity index is 1.77. The SMILES string of the molecule is O=C1CCC(NC2CCCc3ccc(O)cc32)C(=O)N1. The minimum atomic E-state index is -0.328. The van der Waals surface area contributed by atoms with Gasteiger partial charge in [0, 0.05) is 12.5 Å². The molecule has 1 aromatic rings. The van der Waals surface area contributed by atoms with Crippen LogP contribution in [0.5, 0.6) is 5.75 Å². The normalized spacial score (nSPS) is 26.0. The monoisotopic (exact) mass is 274 g/mol. The van der Waals surface area contributed by atoms with Crippen LogP contribution in [0.1, 0.15) is 42.9 Å². The van der Waals surface area contributed by atoms with E-state index in [9.17, 15) is 14.7 Å². The number of amides is 2. The van der Waals surface area contributed by atoms with Gasteiger partial charge in [0.1, 0.15) is 5.75 Å². The lowest BCUT2D eigenvalue weighted by atomic mass is 9.86. The summed E-state index contributed by atoms with van der Waals surface area (Å²) < 4.78 is 0. The van der Waals surface area contributed by atoms with E-state index in [-0.39, 0.29) is 29.6 Å². The molecule has 0 aromatic heterocycles. The molecule has 0 spiro atoms. The molecule has 1 heterocycles. The maximum atomic E-state index is 11.8. The van der Waals surface area contributed by atoms with Gasteiger partial charge in [-0.25, -0.2) is 0 Å². The minimum absolute atomic E-state index is 0.0646. The van der Waals surface area contributed by atoms with Gasteiger partial charge in [-0.3, -0.25) is 20.2 Å². The Kier molecular flexibility index (Phi) is 3.44. The first kappa shape index (κ1) is 13.1. The largest absolute Gasteiger partial charge is 0.508 e. The fraction of sp³-hybridized carbons (Fsp3) is 0.467. The van der Waals surface area contributed by atoms with Crippen molar-refractivity contribution in [1.29, 1.82) is 0 Å². The third-order valence-electron chi connectivity index (χ3n) is 4.09. The van der Waals surface area contributed by atoms with E-state index in [2.05, 4.69) is 10.6 Å². The fourth-order valence-corrected chi connectivity index (χ4v) is 3.06. The highest BCUT2D eigenvalue weighted by atomic mass is 16.3. The van der Waals surface area contributed by atoms with Gasteiger partial charge in [0.25, 0.3) is 0 Å². The molecule has 1 saturated heterocycles. The van der Waals surface area contributed by atoms with Gasteiger partial charge in [-0.1, -0.05) is 6.07 Å². The van der Waals surface area contributed by atoms with E-state index in [1.165, 1.54) is 5.56 Å². The molecule has 0 saturated carbocycles. The molecule has 20 heavy (non-hydrogen) atoms. The van der Waals surface area contributed by atoms with Crippen molar-refractivity contribution >= 4 is 11.8 Å². The van der Waals surface area contributed by atoms with Crippen molar-refractivity contribution in [2.75, 3.05) is 0 Å². The average Bonchev–Trinajstić information content (AvgIpc) is 2.42. The topological polar surface area (TPSA) is 78.4 Å². The number of phenols is 1. The summed E-state index contributed by atoms with van der Waals surface area (Å²) in [5.41, 5.74) is 2.29. The first-order valence-corrected chi connectivity index (χ1v) is 7.05. The number of nitrogens with one attached hydrogen (secondary N) is 2. The van der Waals surface area contributed by atoms with E-state index in [0.29, 0.717) is 12.8 Å². The number of aromatic hydroxyl groups is 1. The van der Waals surface area contributed by atoms with Gasteiger partial charge in [-0.2, -0.15) is 0 Å². The summed E-state index contributed by atoms with van der Waals surface area (Å²) in [6.45, 7) is 0. The van der Waals surface area contributed by atoms with Crippen LogP contribution in [-0.2, 0) is 16.0 Å². The zero-order valence-electron chi connectivity index (χ0n) is 11.2. The zero-order chi connectivity index (χ0) is 14.1. The predicted molar refractivity (Wildman–Crippen MR) is 73.1 cm³/mol. The van der Waals surface area contributed by atoms with Crippen LogP contribution in [0.25, 0.3) is 0 Å². The molecule has 2 unspecified atom stereocenters. The van der Waals surface area contributed by atoms with Crippen molar-refractivity contribution in [2.45, 2.75) is 44.2 Å². The lowest BCUT2D eigenvalue weighted by Crippen LogP contribution is -2.51. The maximum Gasteiger partial charge on any atom is 0.243 e. The highest BCUT2D eigenvalue weighted by molar-refractivity contribution is 6.00. The van der Waals surface area contributed by atoms with Crippen molar-refractivity contribution in [3.8, 4) is 5.75 Å². The highest BCUT2D eigenvalue weighted by Gasteiger charge is 2.30. The first-order valence-electron chi connectivity index (χ1n) is 7.05. The van der Waals surface area contributed by atoms with E-state index in [0.717, 1.165) is 24.8 Å². The Hall–Kier alpha value is -1.88. The van der Waals surface area contributed by atoms with Crippen molar-refractivity contribution in [3.63, 3.8) is 0 Å². The number of phenolic OH excluding ortho intramolecular Hbond substituents is 1. The van der Waals surface area contributed by atoms with Crippen molar-refractivity contribution < 1.29 is 14.7 Å². The molecular formula is C15H18N2O3. The molecule has 2 atom stereocenters. The second-order valence-electron chi connectivity index (χ2n) is 5.50. The number of aryl methyl sites for hydroxylation is 1. The van der Waals surface area contributed by atoms with Crippen molar-refractivity contribution in [2.24, 2.45) is 0 Å². The number of hydrogen-bond acceptors (Lipinski definition) is 4. The lowest BCUT2D eigenvalue weighted by molar-refractivity contribution is -0.134. The van der Waals surface area contributed by atoms with Gasteiger partial charge >= 0.3 is 0 Å². The van der Waals surface area contributed by atoms with Gasteiger partial charge < -0.3 is 5.11 Å². The molecule has 1 fully saturated rings. The number of fused-ring (bicyclic) bond motifs is 1. The third-order valence-corrected chi connectivity index (χ3v) is 4.09. The van der Waals surface area contributed by atoms with Crippen LogP contribution in [0, 0.1) is 0 Å². The van der Waals surface area contributed by atoms with Gasteiger partial charge in [0.15, 0.2) is 0 Å². The summed E-state index contributed by atoms with van der Waals surface area (Å²) in [7, 11) is 0. The van der Waals surface area contributed by atoms with Gasteiger partial charge in [-0.05, 0) is 48.9 Å². The molecular weight excluding hydrogens is 256 g/mol. The molecule has 0 radical (unpaired) electrons. The number of rotatable bonds is 2. The molecule has 1 aromatic carbocycles. The van der Waals surface area contributed by atoms with Crippen LogP contribution in [0.4, 0.5) is 0 Å². The molecule has 2 aliphatic rings. The van der Waals surface area contributed by atoms with E-state index in [1.807, 2.05) is 6.07 Å². The van der Waals surface area contributed by atoms with E-state index >= 15 is 0 Å². The smallest absolute Gasteiger partial charge is 0.243 e. The number of carbonyl (C=O) groups excluding carboxylic acids is 2. The second-order valence-corrected chi connectivity index (χ2v) is 5.50. The van der Waals surface area contributed by atoms with Crippen LogP contribution in [0.2, 0.25) is 0 Å². The molecule has 3 N–H and O–H groups in total. The van der Waals surface area contributed by atoms with Crippen molar-refractivity contribution in [3.05, 3.63) is 29.3 Å². The molecule has 106 valence electrons. The molecule has 2 amide bonds. The highest BCUT2D eigenvalue weighted by Crippen LogP contribution is 2.32. The van der Waals surface area contributed by atoms with Gasteiger partial charge in [0.2, 0.25) is 11.8 Å². The van der Waals surface area contributed by atoms with E-state index in [4.69, 9.17) is 0 Å². The fourth-order valence-electron chi connectivity index (χ4n) is 3.06. The number of imide groups is 1.